The van der Waals surface area contributed by atoms with Crippen LogP contribution in [0.3, 0.4) is 0 Å². The smallest absolute Gasteiger partial charge is 0.0889 e. The van der Waals surface area contributed by atoms with Crippen LogP contribution >= 0.6 is 0 Å². The molecule has 0 amide bonds. The lowest BCUT2D eigenvalue weighted by molar-refractivity contribution is 0.0602. The van der Waals surface area contributed by atoms with Crippen LogP contribution < -0.4 is 5.32 Å². The first kappa shape index (κ1) is 13.1. The van der Waals surface area contributed by atoms with Gasteiger partial charge < -0.3 is 14.8 Å². The van der Waals surface area contributed by atoms with Crippen molar-refractivity contribution in [3.05, 3.63) is 29.6 Å². The SMILES string of the molecule is CCNCc1ccc(COCCOC)nc1. The molecule has 0 aliphatic carbocycles. The highest BCUT2D eigenvalue weighted by atomic mass is 16.5. The Kier molecular flexibility index (Phi) is 6.72. The third-order valence-electron chi connectivity index (χ3n) is 2.15. The quantitative estimate of drug-likeness (QED) is 0.677. The van der Waals surface area contributed by atoms with Crippen molar-refractivity contribution in [3.8, 4) is 0 Å². The Morgan fingerprint density at radius 3 is 2.81 bits per heavy atom. The molecule has 0 saturated carbocycles. The highest BCUT2D eigenvalue weighted by Gasteiger charge is 1.96. The molecule has 1 aromatic heterocycles. The van der Waals surface area contributed by atoms with E-state index in [9.17, 15) is 0 Å². The van der Waals surface area contributed by atoms with E-state index in [1.807, 2.05) is 12.3 Å². The van der Waals surface area contributed by atoms with E-state index in [1.165, 1.54) is 5.56 Å². The molecule has 0 saturated heterocycles. The zero-order chi connectivity index (χ0) is 11.6. The van der Waals surface area contributed by atoms with Crippen molar-refractivity contribution in [1.29, 1.82) is 0 Å². The Labute approximate surface area is 97.0 Å². The summed E-state index contributed by atoms with van der Waals surface area (Å²) < 4.78 is 10.3. The van der Waals surface area contributed by atoms with Gasteiger partial charge in [-0.3, -0.25) is 4.98 Å². The van der Waals surface area contributed by atoms with Gasteiger partial charge in [-0.25, -0.2) is 0 Å². The van der Waals surface area contributed by atoms with Gasteiger partial charge in [0.2, 0.25) is 0 Å². The number of nitrogens with zero attached hydrogens (tertiary/aromatic N) is 1. The van der Waals surface area contributed by atoms with Gasteiger partial charge >= 0.3 is 0 Å². The average Bonchev–Trinajstić information content (AvgIpc) is 2.33. The van der Waals surface area contributed by atoms with E-state index in [0.29, 0.717) is 19.8 Å². The van der Waals surface area contributed by atoms with E-state index in [1.54, 1.807) is 7.11 Å². The van der Waals surface area contributed by atoms with E-state index >= 15 is 0 Å². The first-order valence-electron chi connectivity index (χ1n) is 5.58. The number of ether oxygens (including phenoxy) is 2. The number of hydrogen-bond acceptors (Lipinski definition) is 4. The Bertz CT molecular complexity index is 275. The fourth-order valence-electron chi connectivity index (χ4n) is 1.23. The van der Waals surface area contributed by atoms with Crippen molar-refractivity contribution >= 4 is 0 Å². The van der Waals surface area contributed by atoms with Gasteiger partial charge in [0.1, 0.15) is 0 Å². The van der Waals surface area contributed by atoms with Crippen LogP contribution in [0.1, 0.15) is 18.2 Å². The lowest BCUT2D eigenvalue weighted by atomic mass is 10.2. The maximum atomic E-state index is 5.38. The van der Waals surface area contributed by atoms with Crippen LogP contribution in [0, 0.1) is 0 Å². The third-order valence-corrected chi connectivity index (χ3v) is 2.15. The zero-order valence-corrected chi connectivity index (χ0v) is 10.0. The van der Waals surface area contributed by atoms with Crippen molar-refractivity contribution in [2.45, 2.75) is 20.1 Å². The first-order chi connectivity index (χ1) is 7.86. The van der Waals surface area contributed by atoms with Crippen LogP contribution in [0.5, 0.6) is 0 Å². The van der Waals surface area contributed by atoms with Gasteiger partial charge in [0, 0.05) is 19.9 Å². The first-order valence-corrected chi connectivity index (χ1v) is 5.58. The van der Waals surface area contributed by atoms with E-state index in [4.69, 9.17) is 9.47 Å². The van der Waals surface area contributed by atoms with E-state index < -0.39 is 0 Å². The zero-order valence-electron chi connectivity index (χ0n) is 10.0. The van der Waals surface area contributed by atoms with Crippen LogP contribution in [-0.4, -0.2) is 31.9 Å². The average molecular weight is 224 g/mol. The van der Waals surface area contributed by atoms with Crippen molar-refractivity contribution < 1.29 is 9.47 Å². The van der Waals surface area contributed by atoms with Gasteiger partial charge in [0.05, 0.1) is 25.5 Å². The Morgan fingerprint density at radius 1 is 1.31 bits per heavy atom. The molecule has 0 aromatic carbocycles. The monoisotopic (exact) mass is 224 g/mol. The predicted octanol–water partition coefficient (Wildman–Crippen LogP) is 1.35. The molecule has 1 heterocycles. The molecule has 4 heteroatoms. The topological polar surface area (TPSA) is 43.4 Å². The van der Waals surface area contributed by atoms with Crippen molar-refractivity contribution in [1.82, 2.24) is 10.3 Å². The molecule has 1 N–H and O–H groups in total. The molecule has 0 spiro atoms. The molecule has 0 aliphatic rings. The molecule has 0 fully saturated rings. The van der Waals surface area contributed by atoms with Crippen molar-refractivity contribution in [3.63, 3.8) is 0 Å². The number of aromatic nitrogens is 1. The fraction of sp³-hybridized carbons (Fsp3) is 0.583. The summed E-state index contributed by atoms with van der Waals surface area (Å²) >= 11 is 0. The fourth-order valence-corrected chi connectivity index (χ4v) is 1.23. The molecule has 0 aliphatic heterocycles. The van der Waals surface area contributed by atoms with Gasteiger partial charge in [-0.1, -0.05) is 13.0 Å². The number of rotatable bonds is 8. The van der Waals surface area contributed by atoms with Crippen LogP contribution in [0.25, 0.3) is 0 Å². The minimum atomic E-state index is 0.546. The van der Waals surface area contributed by atoms with Crippen molar-refractivity contribution in [2.24, 2.45) is 0 Å². The lowest BCUT2D eigenvalue weighted by Gasteiger charge is -2.05. The molecule has 0 bridgehead atoms. The van der Waals surface area contributed by atoms with Crippen LogP contribution in [-0.2, 0) is 22.6 Å². The Balaban J connectivity index is 2.27. The lowest BCUT2D eigenvalue weighted by Crippen LogP contribution is -2.12. The summed E-state index contributed by atoms with van der Waals surface area (Å²) in [6.45, 7) is 5.71. The summed E-state index contributed by atoms with van der Waals surface area (Å²) in [4.78, 5) is 4.32. The second kappa shape index (κ2) is 8.21. The number of hydrogen-bond donors (Lipinski definition) is 1. The molecule has 1 rings (SSSR count). The number of methoxy groups -OCH3 is 1. The minimum absolute atomic E-state index is 0.546. The Morgan fingerprint density at radius 2 is 2.19 bits per heavy atom. The number of pyridine rings is 1. The maximum Gasteiger partial charge on any atom is 0.0889 e. The summed E-state index contributed by atoms with van der Waals surface area (Å²) in [6.07, 6.45) is 1.89. The molecule has 16 heavy (non-hydrogen) atoms. The van der Waals surface area contributed by atoms with E-state index in [0.717, 1.165) is 18.8 Å². The van der Waals surface area contributed by atoms with Gasteiger partial charge in [0.25, 0.3) is 0 Å². The molecule has 0 unspecified atom stereocenters. The van der Waals surface area contributed by atoms with Gasteiger partial charge in [-0.2, -0.15) is 0 Å². The summed E-state index contributed by atoms with van der Waals surface area (Å²) in [7, 11) is 1.66. The maximum absolute atomic E-state index is 5.38. The van der Waals surface area contributed by atoms with Crippen molar-refractivity contribution in [2.75, 3.05) is 26.9 Å². The van der Waals surface area contributed by atoms with Crippen LogP contribution in [0.2, 0.25) is 0 Å². The Hall–Kier alpha value is -0.970. The molecule has 0 atom stereocenters. The summed E-state index contributed by atoms with van der Waals surface area (Å²) in [5.74, 6) is 0. The molecular formula is C12H20N2O2. The van der Waals surface area contributed by atoms with Gasteiger partial charge in [-0.05, 0) is 18.2 Å². The molecular weight excluding hydrogens is 204 g/mol. The van der Waals surface area contributed by atoms with Gasteiger partial charge in [-0.15, -0.1) is 0 Å². The highest BCUT2D eigenvalue weighted by molar-refractivity contribution is 5.13. The highest BCUT2D eigenvalue weighted by Crippen LogP contribution is 2.01. The summed E-state index contributed by atoms with van der Waals surface area (Å²) in [5.41, 5.74) is 2.15. The molecule has 1 aromatic rings. The van der Waals surface area contributed by atoms with Gasteiger partial charge in [0.15, 0.2) is 0 Å². The largest absolute Gasteiger partial charge is 0.382 e. The molecule has 90 valence electrons. The summed E-state index contributed by atoms with van der Waals surface area (Å²) in [5, 5.41) is 3.26. The minimum Gasteiger partial charge on any atom is -0.382 e. The summed E-state index contributed by atoms with van der Waals surface area (Å²) in [6, 6.07) is 4.07. The molecule has 0 radical (unpaired) electrons. The number of nitrogens with one attached hydrogen (secondary N) is 1. The van der Waals surface area contributed by atoms with Crippen LogP contribution in [0.4, 0.5) is 0 Å². The standard InChI is InChI=1S/C12H20N2O2/c1-3-13-8-11-4-5-12(14-9-11)10-16-7-6-15-2/h4-5,9,13H,3,6-8,10H2,1-2H3. The third kappa shape index (κ3) is 5.21. The second-order valence-electron chi connectivity index (χ2n) is 3.48. The predicted molar refractivity (Wildman–Crippen MR) is 63.1 cm³/mol. The van der Waals surface area contributed by atoms with E-state index in [-0.39, 0.29) is 0 Å². The molecule has 4 nitrogen and oxygen atoms in total. The second-order valence-corrected chi connectivity index (χ2v) is 3.48. The normalized spacial score (nSPS) is 10.6. The van der Waals surface area contributed by atoms with E-state index in [2.05, 4.69) is 23.3 Å². The van der Waals surface area contributed by atoms with Crippen LogP contribution in [0.15, 0.2) is 18.3 Å².